The van der Waals surface area contributed by atoms with Crippen LogP contribution >= 0.6 is 0 Å². The largest absolute Gasteiger partial charge is 0.337 e. The van der Waals surface area contributed by atoms with E-state index in [1.807, 2.05) is 0 Å². The summed E-state index contributed by atoms with van der Waals surface area (Å²) >= 11 is 0. The first-order valence-corrected chi connectivity index (χ1v) is 10.6. The molecule has 1 saturated heterocycles. The van der Waals surface area contributed by atoms with E-state index in [9.17, 15) is 13.2 Å². The van der Waals surface area contributed by atoms with E-state index in [0.29, 0.717) is 23.7 Å². The molecule has 1 amide bonds. The van der Waals surface area contributed by atoms with Gasteiger partial charge in [-0.15, -0.1) is 0 Å². The van der Waals surface area contributed by atoms with Crippen LogP contribution < -0.4 is 4.72 Å². The van der Waals surface area contributed by atoms with E-state index < -0.39 is 10.0 Å². The lowest BCUT2D eigenvalue weighted by Crippen LogP contribution is -2.59. The highest BCUT2D eigenvalue weighted by molar-refractivity contribution is 7.89. The van der Waals surface area contributed by atoms with Gasteiger partial charge in [-0.1, -0.05) is 18.2 Å². The fourth-order valence-corrected chi connectivity index (χ4v) is 5.45. The van der Waals surface area contributed by atoms with Gasteiger partial charge in [0.25, 0.3) is 5.91 Å². The number of nitrogens with zero attached hydrogens (tertiary/aromatic N) is 3. The highest BCUT2D eigenvalue weighted by Gasteiger charge is 2.50. The molecule has 2 aromatic rings. The third-order valence-corrected chi connectivity index (χ3v) is 7.34. The number of aromatic nitrogens is 2. The molecular weight excluding hydrogens is 364 g/mol. The molecule has 0 bridgehead atoms. The van der Waals surface area contributed by atoms with Crippen molar-refractivity contribution >= 4 is 15.9 Å². The second-order valence-corrected chi connectivity index (χ2v) is 8.98. The van der Waals surface area contributed by atoms with Crippen molar-refractivity contribution in [1.82, 2.24) is 19.6 Å². The van der Waals surface area contributed by atoms with Gasteiger partial charge in [0.1, 0.15) is 5.69 Å². The molecule has 27 heavy (non-hydrogen) atoms. The number of nitrogens with one attached hydrogen (secondary N) is 1. The molecule has 1 aliphatic carbocycles. The van der Waals surface area contributed by atoms with E-state index in [4.69, 9.17) is 0 Å². The van der Waals surface area contributed by atoms with Gasteiger partial charge < -0.3 is 4.90 Å². The Balaban J connectivity index is 1.41. The zero-order valence-electron chi connectivity index (χ0n) is 14.9. The lowest BCUT2D eigenvalue weighted by atomic mass is 9.59. The highest BCUT2D eigenvalue weighted by Crippen LogP contribution is 2.49. The summed E-state index contributed by atoms with van der Waals surface area (Å²) in [6.45, 7) is 1.22. The third kappa shape index (κ3) is 3.46. The molecule has 1 saturated carbocycles. The quantitative estimate of drug-likeness (QED) is 0.866. The summed E-state index contributed by atoms with van der Waals surface area (Å²) in [5.74, 6) is -0.112. The van der Waals surface area contributed by atoms with Crippen LogP contribution in [0.25, 0.3) is 0 Å². The molecule has 142 valence electrons. The normalized spacial score (nSPS) is 21.6. The topological polar surface area (TPSA) is 92.3 Å². The molecule has 1 unspecified atom stereocenters. The van der Waals surface area contributed by atoms with Gasteiger partial charge >= 0.3 is 0 Å². The van der Waals surface area contributed by atoms with Crippen LogP contribution in [0.5, 0.6) is 0 Å². The molecule has 1 N–H and O–H groups in total. The molecule has 4 rings (SSSR count). The Labute approximate surface area is 158 Å². The minimum Gasteiger partial charge on any atom is -0.337 e. The summed E-state index contributed by atoms with van der Waals surface area (Å²) < 4.78 is 28.1. The monoisotopic (exact) mass is 386 g/mol. The smallest absolute Gasteiger partial charge is 0.274 e. The average Bonchev–Trinajstić information content (AvgIpc) is 2.72. The van der Waals surface area contributed by atoms with Crippen LogP contribution in [0.1, 0.15) is 36.2 Å². The van der Waals surface area contributed by atoms with Crippen LogP contribution in [0.2, 0.25) is 0 Å². The summed E-state index contributed by atoms with van der Waals surface area (Å²) in [6.07, 6.45) is 7.94. The zero-order valence-corrected chi connectivity index (χ0v) is 15.7. The van der Waals surface area contributed by atoms with E-state index in [-0.39, 0.29) is 17.4 Å². The van der Waals surface area contributed by atoms with Crippen molar-refractivity contribution in [3.05, 3.63) is 54.6 Å². The summed E-state index contributed by atoms with van der Waals surface area (Å²) in [7, 11) is -3.52. The molecule has 2 aliphatic rings. The number of likely N-dealkylation sites (tertiary alicyclic amines) is 1. The lowest BCUT2D eigenvalue weighted by molar-refractivity contribution is 0.00487. The number of amides is 1. The average molecular weight is 386 g/mol. The van der Waals surface area contributed by atoms with Gasteiger partial charge in [-0.05, 0) is 43.2 Å². The molecule has 1 spiro atoms. The van der Waals surface area contributed by atoms with Crippen LogP contribution in [0.15, 0.2) is 53.8 Å². The van der Waals surface area contributed by atoms with Gasteiger partial charge in [-0.3, -0.25) is 9.78 Å². The maximum Gasteiger partial charge on any atom is 0.274 e. The van der Waals surface area contributed by atoms with Crippen LogP contribution in [-0.4, -0.2) is 48.3 Å². The minimum atomic E-state index is -3.52. The number of benzene rings is 1. The zero-order chi connectivity index (χ0) is 18.9. The molecule has 0 radical (unpaired) electrons. The first-order chi connectivity index (χ1) is 13.0. The Morgan fingerprint density at radius 1 is 1.11 bits per heavy atom. The summed E-state index contributed by atoms with van der Waals surface area (Å²) in [6, 6.07) is 8.39. The van der Waals surface area contributed by atoms with Crippen molar-refractivity contribution < 1.29 is 13.2 Å². The van der Waals surface area contributed by atoms with Crippen molar-refractivity contribution in [1.29, 1.82) is 0 Å². The Bertz CT molecular complexity index is 910. The predicted molar refractivity (Wildman–Crippen MR) is 99.4 cm³/mol. The van der Waals surface area contributed by atoms with Crippen LogP contribution in [0.4, 0.5) is 0 Å². The fourth-order valence-electron chi connectivity index (χ4n) is 4.06. The second kappa shape index (κ2) is 7.01. The maximum absolute atomic E-state index is 12.6. The third-order valence-electron chi connectivity index (χ3n) is 5.85. The maximum atomic E-state index is 12.6. The highest BCUT2D eigenvalue weighted by atomic mass is 32.2. The number of carbonyl (C=O) groups is 1. The van der Waals surface area contributed by atoms with Crippen LogP contribution in [-0.2, 0) is 10.0 Å². The van der Waals surface area contributed by atoms with Gasteiger partial charge in [0, 0.05) is 31.5 Å². The first-order valence-electron chi connectivity index (χ1n) is 9.13. The number of hydrogen-bond acceptors (Lipinski definition) is 5. The van der Waals surface area contributed by atoms with Gasteiger partial charge in [0.2, 0.25) is 10.0 Å². The van der Waals surface area contributed by atoms with Gasteiger partial charge in [-0.2, -0.15) is 0 Å². The van der Waals surface area contributed by atoms with E-state index in [1.165, 1.54) is 12.4 Å². The molecule has 2 fully saturated rings. The Morgan fingerprint density at radius 2 is 1.85 bits per heavy atom. The Morgan fingerprint density at radius 3 is 2.44 bits per heavy atom. The number of sulfonamides is 1. The van der Waals surface area contributed by atoms with E-state index in [1.54, 1.807) is 41.4 Å². The SMILES string of the molecule is O=C(c1cnccn1)N1CCC2(CCC2NS(=O)(=O)c2ccccc2)CC1. The van der Waals surface area contributed by atoms with Crippen molar-refractivity contribution in [2.45, 2.75) is 36.6 Å². The number of rotatable bonds is 4. The number of piperidine rings is 1. The van der Waals surface area contributed by atoms with Crippen molar-refractivity contribution in [3.8, 4) is 0 Å². The summed E-state index contributed by atoms with van der Waals surface area (Å²) in [5.41, 5.74) is 0.296. The predicted octanol–water partition coefficient (Wildman–Crippen LogP) is 1.84. The van der Waals surface area contributed by atoms with Crippen molar-refractivity contribution in [3.63, 3.8) is 0 Å². The lowest BCUT2D eigenvalue weighted by Gasteiger charge is -2.53. The fraction of sp³-hybridized carbons (Fsp3) is 0.421. The van der Waals surface area contributed by atoms with Gasteiger partial charge in [-0.25, -0.2) is 18.1 Å². The van der Waals surface area contributed by atoms with E-state index in [2.05, 4.69) is 14.7 Å². The molecule has 1 aromatic heterocycles. The first kappa shape index (κ1) is 18.1. The second-order valence-electron chi connectivity index (χ2n) is 7.27. The Kier molecular flexibility index (Phi) is 4.69. The summed E-state index contributed by atoms with van der Waals surface area (Å²) in [4.78, 5) is 22.6. The van der Waals surface area contributed by atoms with E-state index >= 15 is 0 Å². The molecule has 8 heteroatoms. The molecule has 1 atom stereocenters. The number of hydrogen-bond donors (Lipinski definition) is 1. The van der Waals surface area contributed by atoms with Gasteiger partial charge in [0.05, 0.1) is 11.1 Å². The van der Waals surface area contributed by atoms with Crippen LogP contribution in [0, 0.1) is 5.41 Å². The van der Waals surface area contributed by atoms with Gasteiger partial charge in [0.15, 0.2) is 0 Å². The van der Waals surface area contributed by atoms with Crippen molar-refractivity contribution in [2.24, 2.45) is 5.41 Å². The summed E-state index contributed by atoms with van der Waals surface area (Å²) in [5, 5.41) is 0. The Hall–Kier alpha value is -2.32. The van der Waals surface area contributed by atoms with Crippen molar-refractivity contribution in [2.75, 3.05) is 13.1 Å². The van der Waals surface area contributed by atoms with E-state index in [0.717, 1.165) is 25.7 Å². The molecule has 7 nitrogen and oxygen atoms in total. The molecule has 1 aromatic carbocycles. The molecule has 2 heterocycles. The standard InChI is InChI=1S/C19H22N4O3S/c24-18(16-14-20-10-11-21-16)23-12-8-19(9-13-23)7-6-17(19)22-27(25,26)15-4-2-1-3-5-15/h1-5,10-11,14,17,22H,6-9,12-13H2. The minimum absolute atomic E-state index is 0.0546. The molecular formula is C19H22N4O3S. The van der Waals surface area contributed by atoms with Crippen LogP contribution in [0.3, 0.4) is 0 Å². The molecule has 1 aliphatic heterocycles. The number of carbonyl (C=O) groups excluding carboxylic acids is 1.